The molecule has 11 rings (SSSR count). The molecule has 2 aromatic rings. The van der Waals surface area contributed by atoms with Gasteiger partial charge < -0.3 is 37.9 Å². The summed E-state index contributed by atoms with van der Waals surface area (Å²) >= 11 is 0. The van der Waals surface area contributed by atoms with Crippen molar-refractivity contribution in [3.8, 4) is 0 Å². The summed E-state index contributed by atoms with van der Waals surface area (Å²) in [5.41, 5.74) is 4.97. The molecule has 8 bridgehead atoms. The Morgan fingerprint density at radius 2 is 1.08 bits per heavy atom. The summed E-state index contributed by atoms with van der Waals surface area (Å²) in [6.45, 7) is 4.81. The van der Waals surface area contributed by atoms with Gasteiger partial charge in [-0.1, -0.05) is 53.6 Å². The maximum absolute atomic E-state index is 12.0. The molecule has 9 fully saturated rings. The van der Waals surface area contributed by atoms with Gasteiger partial charge >= 0.3 is 23.9 Å². The minimum absolute atomic E-state index is 0.178. The monoisotopic (exact) mass is 916 g/mol. The molecule has 5 unspecified atom stereocenters. The largest absolute Gasteiger partial charge is 0.496 e. The summed E-state index contributed by atoms with van der Waals surface area (Å²) in [5.74, 6) is -1.56. The maximum Gasteiger partial charge on any atom is 0.320 e. The van der Waals surface area contributed by atoms with Crippen LogP contribution in [0.5, 0.6) is 0 Å². The maximum atomic E-state index is 12.0. The Balaban J connectivity index is 0.000000180. The summed E-state index contributed by atoms with van der Waals surface area (Å²) in [6.07, 6.45) is 10.6. The number of hydrogen-bond donors (Lipinski definition) is 0. The van der Waals surface area contributed by atoms with Crippen LogP contribution in [0, 0.1) is 61.2 Å². The lowest BCUT2D eigenvalue weighted by Gasteiger charge is -2.70. The number of esters is 4. The highest BCUT2D eigenvalue weighted by Gasteiger charge is 2.78. The van der Waals surface area contributed by atoms with Gasteiger partial charge in [0.2, 0.25) is 0 Å². The van der Waals surface area contributed by atoms with Crippen molar-refractivity contribution in [2.24, 2.45) is 47.3 Å². The lowest BCUT2D eigenvalue weighted by Crippen LogP contribution is -2.78. The van der Waals surface area contributed by atoms with Crippen molar-refractivity contribution in [3.63, 3.8) is 0 Å². The van der Waals surface area contributed by atoms with Gasteiger partial charge in [-0.2, -0.15) is 4.89 Å². The summed E-state index contributed by atoms with van der Waals surface area (Å²) in [5, 5.41) is 0. The molecule has 8 saturated carbocycles. The van der Waals surface area contributed by atoms with E-state index in [-0.39, 0.29) is 35.9 Å². The molecule has 1 spiro atoms. The second-order valence-corrected chi connectivity index (χ2v) is 20.0. The molecule has 0 amide bonds. The number of carbonyl (C=O) groups is 4. The molecule has 14 heteroatoms. The van der Waals surface area contributed by atoms with E-state index in [1.807, 2.05) is 6.07 Å². The molecule has 14 nitrogen and oxygen atoms in total. The van der Waals surface area contributed by atoms with Gasteiger partial charge in [0.05, 0.1) is 46.8 Å². The van der Waals surface area contributed by atoms with Crippen LogP contribution in [0.2, 0.25) is 0 Å². The topological polar surface area (TPSA) is 161 Å². The van der Waals surface area contributed by atoms with Crippen LogP contribution in [0.1, 0.15) is 99.3 Å². The zero-order chi connectivity index (χ0) is 47.0. The molecule has 360 valence electrons. The summed E-state index contributed by atoms with van der Waals surface area (Å²) in [6, 6.07) is 16.8. The second-order valence-electron chi connectivity index (χ2n) is 20.0. The number of carbonyl (C=O) groups excluding carboxylic acids is 4. The highest BCUT2D eigenvalue weighted by Crippen LogP contribution is 2.71. The predicted octanol–water partition coefficient (Wildman–Crippen LogP) is 7.74. The zero-order valence-corrected chi connectivity index (χ0v) is 39.9. The van der Waals surface area contributed by atoms with E-state index in [9.17, 15) is 19.2 Å². The van der Waals surface area contributed by atoms with Gasteiger partial charge in [0.15, 0.2) is 17.4 Å². The van der Waals surface area contributed by atoms with Gasteiger partial charge in [0.25, 0.3) is 5.79 Å². The van der Waals surface area contributed by atoms with Crippen LogP contribution in [0.3, 0.4) is 0 Å². The van der Waals surface area contributed by atoms with Gasteiger partial charge in [0, 0.05) is 43.3 Å². The number of hydrogen-bond acceptors (Lipinski definition) is 14. The van der Waals surface area contributed by atoms with Crippen molar-refractivity contribution in [1.29, 1.82) is 0 Å². The van der Waals surface area contributed by atoms with Crippen LogP contribution in [0.4, 0.5) is 0 Å². The SMILES string of the molecule is COC(=O)C(CCOC12CC3CC(C1)C(=C(OC)c1cccc(C)c1)C(C3)C2)C(=O)OC.COC(=O)C(CCOC12CC3CC(C1)C1(OOC1(OC)c1cccc(C)c1)C(C3)C2)C(=O)OC. The van der Waals surface area contributed by atoms with Crippen LogP contribution in [0.25, 0.3) is 5.76 Å². The number of benzene rings is 2. The summed E-state index contributed by atoms with van der Waals surface area (Å²) < 4.78 is 44.2. The Kier molecular flexibility index (Phi) is 14.1. The Bertz CT molecular complexity index is 2090. The molecule has 8 aliphatic carbocycles. The number of ether oxygens (including phenoxy) is 8. The number of methoxy groups -OCH3 is 6. The van der Waals surface area contributed by atoms with Crippen molar-refractivity contribution in [2.75, 3.05) is 55.9 Å². The van der Waals surface area contributed by atoms with E-state index in [0.717, 1.165) is 73.8 Å². The molecule has 0 N–H and O–H groups in total. The molecule has 2 aromatic carbocycles. The number of aryl methyl sites for hydroxylation is 2. The van der Waals surface area contributed by atoms with Gasteiger partial charge in [-0.3, -0.25) is 19.2 Å². The van der Waals surface area contributed by atoms with Crippen LogP contribution >= 0.6 is 0 Å². The Morgan fingerprint density at radius 3 is 1.52 bits per heavy atom. The first-order chi connectivity index (χ1) is 31.7. The van der Waals surface area contributed by atoms with E-state index < -0.39 is 47.1 Å². The van der Waals surface area contributed by atoms with E-state index in [1.165, 1.54) is 52.4 Å². The Hall–Kier alpha value is -4.34. The van der Waals surface area contributed by atoms with Crippen molar-refractivity contribution in [3.05, 3.63) is 76.4 Å². The standard InChI is InChI=1S/C26H34O8.C26H34O6/c1-16-6-5-7-18(10-16)26(31-4)25(33-34-26)19-11-17-12-20(25)15-24(13-17,14-19)32-9-8-21(22(27)29-2)23(28)30-3;1-16-6-5-7-18(10-16)23(29-2)22-19-11-17-12-20(22)15-26(13-17,14-19)32-9-8-21(24(27)30-3)25(28)31-4/h5-7,10,17,19-21H,8-9,11-15H2,1-4H3;5-7,10,17,19-21H,8-9,11-15H2,1-4H3. The van der Waals surface area contributed by atoms with Crippen molar-refractivity contribution >= 4 is 29.6 Å². The van der Waals surface area contributed by atoms with Gasteiger partial charge in [-0.25, -0.2) is 4.89 Å². The minimum atomic E-state index is -0.971. The molecule has 9 aliphatic rings. The third kappa shape index (κ3) is 8.58. The van der Waals surface area contributed by atoms with Gasteiger partial charge in [-0.05, 0) is 126 Å². The van der Waals surface area contributed by atoms with E-state index in [1.54, 1.807) is 14.2 Å². The third-order valence-corrected chi connectivity index (χ3v) is 16.2. The lowest BCUT2D eigenvalue weighted by atomic mass is 9.45. The predicted molar refractivity (Wildman–Crippen MR) is 239 cm³/mol. The van der Waals surface area contributed by atoms with Crippen LogP contribution in [-0.4, -0.2) is 96.6 Å². The fourth-order valence-corrected chi connectivity index (χ4v) is 13.9. The second kappa shape index (κ2) is 19.3. The van der Waals surface area contributed by atoms with Gasteiger partial charge in [-0.15, -0.1) is 0 Å². The van der Waals surface area contributed by atoms with E-state index in [0.29, 0.717) is 36.9 Å². The summed E-state index contributed by atoms with van der Waals surface area (Å²) in [4.78, 5) is 59.9. The molecule has 0 radical (unpaired) electrons. The first kappa shape index (κ1) is 48.1. The third-order valence-electron chi connectivity index (χ3n) is 16.2. The highest BCUT2D eigenvalue weighted by atomic mass is 17.3. The molecule has 66 heavy (non-hydrogen) atoms. The molecule has 0 aromatic heterocycles. The van der Waals surface area contributed by atoms with Crippen LogP contribution < -0.4 is 0 Å². The van der Waals surface area contributed by atoms with Crippen molar-refractivity contribution < 1.29 is 66.8 Å². The van der Waals surface area contributed by atoms with Crippen LogP contribution in [0.15, 0.2) is 54.1 Å². The summed E-state index contributed by atoms with van der Waals surface area (Å²) in [7, 11) is 8.59. The van der Waals surface area contributed by atoms with Crippen LogP contribution in [-0.2, 0) is 72.6 Å². The molecule has 1 heterocycles. The Labute approximate surface area is 388 Å². The normalized spacial score (nSPS) is 33.0. The molecule has 1 saturated heterocycles. The number of allylic oxidation sites excluding steroid dienone is 1. The first-order valence-electron chi connectivity index (χ1n) is 23.7. The average molecular weight is 917 g/mol. The van der Waals surface area contributed by atoms with Gasteiger partial charge in [0.1, 0.15) is 5.76 Å². The average Bonchev–Trinajstić information content (AvgIpc) is 3.29. The van der Waals surface area contributed by atoms with Crippen molar-refractivity contribution in [2.45, 2.75) is 113 Å². The van der Waals surface area contributed by atoms with E-state index in [2.05, 4.69) is 56.3 Å². The minimum Gasteiger partial charge on any atom is -0.496 e. The zero-order valence-electron chi connectivity index (χ0n) is 39.9. The number of rotatable bonds is 16. The van der Waals surface area contributed by atoms with E-state index >= 15 is 0 Å². The smallest absolute Gasteiger partial charge is 0.320 e. The molecule has 1 aliphatic heterocycles. The quantitative estimate of drug-likeness (QED) is 0.0529. The fraction of sp³-hybridized carbons (Fsp3) is 0.654. The fourth-order valence-electron chi connectivity index (χ4n) is 13.9. The molecular weight excluding hydrogens is 849 g/mol. The lowest BCUT2D eigenvalue weighted by molar-refractivity contribution is -0.647. The first-order valence-corrected chi connectivity index (χ1v) is 23.7. The van der Waals surface area contributed by atoms with Crippen molar-refractivity contribution in [1.82, 2.24) is 0 Å². The highest BCUT2D eigenvalue weighted by molar-refractivity contribution is 5.95. The van der Waals surface area contributed by atoms with E-state index in [4.69, 9.17) is 47.7 Å². The molecular formula is C52H68O14. The Morgan fingerprint density at radius 1 is 0.591 bits per heavy atom. The molecule has 5 atom stereocenters.